The maximum Gasteiger partial charge on any atom is 0.261 e. The van der Waals surface area contributed by atoms with E-state index in [1.165, 1.54) is 6.07 Å². The Bertz CT molecular complexity index is 1390. The van der Waals surface area contributed by atoms with E-state index in [0.29, 0.717) is 53.7 Å². The number of nitrogens with one attached hydrogen (secondary N) is 2. The molecular formula is C31H39F2N5O2. The van der Waals surface area contributed by atoms with Crippen LogP contribution in [0.3, 0.4) is 0 Å². The van der Waals surface area contributed by atoms with Crippen molar-refractivity contribution in [2.45, 2.75) is 57.4 Å². The van der Waals surface area contributed by atoms with Gasteiger partial charge in [-0.15, -0.1) is 0 Å². The van der Waals surface area contributed by atoms with Gasteiger partial charge in [-0.3, -0.25) is 4.79 Å². The molecule has 0 spiro atoms. The van der Waals surface area contributed by atoms with E-state index >= 15 is 0 Å². The van der Waals surface area contributed by atoms with Gasteiger partial charge in [0.2, 0.25) is 0 Å². The van der Waals surface area contributed by atoms with Crippen LogP contribution in [0.4, 0.5) is 20.2 Å². The van der Waals surface area contributed by atoms with Gasteiger partial charge >= 0.3 is 0 Å². The predicted octanol–water partition coefficient (Wildman–Crippen LogP) is 5.35. The van der Waals surface area contributed by atoms with E-state index in [1.54, 1.807) is 19.2 Å². The van der Waals surface area contributed by atoms with Crippen molar-refractivity contribution in [3.63, 3.8) is 0 Å². The number of hydrogen-bond acceptors (Lipinski definition) is 6. The van der Waals surface area contributed by atoms with Crippen molar-refractivity contribution in [2.75, 3.05) is 50.1 Å². The first-order valence-corrected chi connectivity index (χ1v) is 14.8. The minimum absolute atomic E-state index is 0.000372. The molecule has 2 aromatic carbocycles. The van der Waals surface area contributed by atoms with Crippen LogP contribution in [0.25, 0.3) is 10.9 Å². The van der Waals surface area contributed by atoms with E-state index < -0.39 is 11.4 Å². The van der Waals surface area contributed by atoms with E-state index in [9.17, 15) is 13.6 Å². The van der Waals surface area contributed by atoms with Crippen LogP contribution in [0.15, 0.2) is 35.1 Å². The zero-order valence-electron chi connectivity index (χ0n) is 23.2. The first kappa shape index (κ1) is 27.0. The molecule has 2 N–H and O–H groups in total. The van der Waals surface area contributed by atoms with Gasteiger partial charge in [-0.05, 0) is 88.1 Å². The van der Waals surface area contributed by atoms with Crippen molar-refractivity contribution in [1.29, 1.82) is 0 Å². The maximum absolute atomic E-state index is 14.6. The molecule has 2 saturated heterocycles. The summed E-state index contributed by atoms with van der Waals surface area (Å²) in [4.78, 5) is 24.8. The molecular weight excluding hydrogens is 512 g/mol. The van der Waals surface area contributed by atoms with E-state index in [2.05, 4.69) is 25.1 Å². The van der Waals surface area contributed by atoms with Crippen LogP contribution in [0, 0.1) is 23.5 Å². The van der Waals surface area contributed by atoms with Crippen molar-refractivity contribution in [2.24, 2.45) is 11.8 Å². The van der Waals surface area contributed by atoms with E-state index in [0.717, 1.165) is 76.8 Å². The average Bonchev–Trinajstić information content (AvgIpc) is 3.80. The Balaban J connectivity index is 0.994. The van der Waals surface area contributed by atoms with Crippen LogP contribution in [0.5, 0.6) is 5.75 Å². The van der Waals surface area contributed by atoms with Crippen molar-refractivity contribution < 1.29 is 13.5 Å². The predicted molar refractivity (Wildman–Crippen MR) is 154 cm³/mol. The Morgan fingerprint density at radius 1 is 0.975 bits per heavy atom. The van der Waals surface area contributed by atoms with Crippen LogP contribution in [-0.4, -0.2) is 60.7 Å². The molecule has 40 heavy (non-hydrogen) atoms. The molecule has 6 rings (SSSR count). The van der Waals surface area contributed by atoms with Gasteiger partial charge in [0.05, 0.1) is 17.8 Å². The van der Waals surface area contributed by atoms with Gasteiger partial charge in [0.15, 0.2) is 0 Å². The molecule has 1 aromatic heterocycles. The molecule has 214 valence electrons. The highest BCUT2D eigenvalue weighted by Gasteiger charge is 2.29. The number of aryl methyl sites for hydroxylation is 1. The number of likely N-dealkylation sites (tertiary alicyclic amines) is 1. The number of H-pyrrole nitrogens is 1. The Morgan fingerprint density at radius 3 is 2.45 bits per heavy atom. The van der Waals surface area contributed by atoms with E-state index in [-0.39, 0.29) is 11.2 Å². The maximum atomic E-state index is 14.6. The van der Waals surface area contributed by atoms with Crippen molar-refractivity contribution in [1.82, 2.24) is 14.9 Å². The van der Waals surface area contributed by atoms with E-state index in [4.69, 9.17) is 4.74 Å². The number of halogens is 2. The summed E-state index contributed by atoms with van der Waals surface area (Å²) in [6, 6.07) is 8.89. The second-order valence-electron chi connectivity index (χ2n) is 11.7. The molecule has 9 heteroatoms. The van der Waals surface area contributed by atoms with Crippen molar-refractivity contribution in [3.05, 3.63) is 58.1 Å². The van der Waals surface area contributed by atoms with Crippen LogP contribution >= 0.6 is 0 Å². The van der Waals surface area contributed by atoms with Crippen LogP contribution in [-0.2, 0) is 6.42 Å². The van der Waals surface area contributed by atoms with Gasteiger partial charge in [0.25, 0.3) is 5.56 Å². The number of aromatic nitrogens is 2. The molecule has 7 nitrogen and oxygen atoms in total. The average molecular weight is 552 g/mol. The minimum Gasteiger partial charge on any atom is -0.493 e. The standard InChI is InChI=1S/C31H39F2N5O2/c1-34-22-5-6-28(25(32)16-22)38-14-10-23(11-15-38)37-12-8-20(9-13-37)4-7-29-35-27-18-24(40-19-21-2-3-21)17-26(33)30(27)31(39)36-29/h5-6,16-18,20-21,23,34H,2-4,7-15,19H2,1H3,(H,35,36,39). The summed E-state index contributed by atoms with van der Waals surface area (Å²) in [7, 11) is 1.80. The summed E-state index contributed by atoms with van der Waals surface area (Å²) < 4.78 is 34.9. The first-order chi connectivity index (χ1) is 19.5. The lowest BCUT2D eigenvalue weighted by Crippen LogP contribution is -2.48. The zero-order valence-corrected chi connectivity index (χ0v) is 23.2. The summed E-state index contributed by atoms with van der Waals surface area (Å²) >= 11 is 0. The Morgan fingerprint density at radius 2 is 1.75 bits per heavy atom. The molecule has 3 aliphatic rings. The zero-order chi connectivity index (χ0) is 27.6. The van der Waals surface area contributed by atoms with Crippen LogP contribution < -0.4 is 20.5 Å². The number of piperidine rings is 2. The molecule has 3 aromatic rings. The number of nitrogens with zero attached hydrogens (tertiary/aromatic N) is 3. The van der Waals surface area contributed by atoms with Crippen molar-refractivity contribution >= 4 is 22.3 Å². The van der Waals surface area contributed by atoms with Gasteiger partial charge in [-0.2, -0.15) is 0 Å². The summed E-state index contributed by atoms with van der Waals surface area (Å²) in [6.45, 7) is 4.46. The highest BCUT2D eigenvalue weighted by molar-refractivity contribution is 5.79. The highest BCUT2D eigenvalue weighted by atomic mass is 19.1. The quantitative estimate of drug-likeness (QED) is 0.374. The molecule has 0 amide bonds. The van der Waals surface area contributed by atoms with Gasteiger partial charge in [-0.1, -0.05) is 0 Å². The second kappa shape index (κ2) is 11.7. The number of rotatable bonds is 9. The third-order valence-electron chi connectivity index (χ3n) is 8.96. The topological polar surface area (TPSA) is 73.5 Å². The summed E-state index contributed by atoms with van der Waals surface area (Å²) in [5, 5.41) is 2.99. The molecule has 2 aliphatic heterocycles. The largest absolute Gasteiger partial charge is 0.493 e. The second-order valence-corrected chi connectivity index (χ2v) is 11.7. The monoisotopic (exact) mass is 551 g/mol. The molecule has 0 bridgehead atoms. The summed E-state index contributed by atoms with van der Waals surface area (Å²) in [5.41, 5.74) is 1.42. The SMILES string of the molecule is CNc1ccc(N2CCC(N3CCC(CCc4nc5cc(OCC6CC6)cc(F)c5c(=O)[nH]4)CC3)CC2)c(F)c1. The fourth-order valence-corrected chi connectivity index (χ4v) is 6.29. The summed E-state index contributed by atoms with van der Waals surface area (Å²) in [6.07, 6.45) is 8.25. The smallest absolute Gasteiger partial charge is 0.261 e. The molecule has 3 fully saturated rings. The number of benzene rings is 2. The molecule has 1 aliphatic carbocycles. The number of hydrogen-bond donors (Lipinski definition) is 2. The number of anilines is 2. The van der Waals surface area contributed by atoms with Crippen LogP contribution in [0.1, 0.15) is 50.8 Å². The van der Waals surface area contributed by atoms with Crippen molar-refractivity contribution in [3.8, 4) is 5.75 Å². The fourth-order valence-electron chi connectivity index (χ4n) is 6.29. The van der Waals surface area contributed by atoms with Crippen LogP contribution in [0.2, 0.25) is 0 Å². The van der Waals surface area contributed by atoms with Gasteiger partial charge in [0, 0.05) is 50.4 Å². The third kappa shape index (κ3) is 6.09. The molecule has 0 unspecified atom stereocenters. The normalized spacial score (nSPS) is 19.3. The van der Waals surface area contributed by atoms with Gasteiger partial charge < -0.3 is 24.8 Å². The Hall–Kier alpha value is -3.20. The lowest BCUT2D eigenvalue weighted by atomic mass is 9.90. The summed E-state index contributed by atoms with van der Waals surface area (Å²) in [5.74, 6) is 1.44. The molecule has 3 heterocycles. The highest BCUT2D eigenvalue weighted by Crippen LogP contribution is 2.32. The number of ether oxygens (including phenoxy) is 1. The van der Waals surface area contributed by atoms with Gasteiger partial charge in [-0.25, -0.2) is 13.8 Å². The molecule has 0 atom stereocenters. The van der Waals surface area contributed by atoms with E-state index in [1.807, 2.05) is 12.1 Å². The Kier molecular flexibility index (Phi) is 7.91. The lowest BCUT2D eigenvalue weighted by molar-refractivity contribution is 0.112. The molecule has 0 radical (unpaired) electrons. The van der Waals surface area contributed by atoms with Gasteiger partial charge in [0.1, 0.15) is 28.6 Å². The third-order valence-corrected chi connectivity index (χ3v) is 8.96. The fraction of sp³-hybridized carbons (Fsp3) is 0.548. The number of aromatic amines is 1. The molecule has 1 saturated carbocycles. The minimum atomic E-state index is -0.585. The number of fused-ring (bicyclic) bond motifs is 1. The lowest BCUT2D eigenvalue weighted by Gasteiger charge is -2.42. The Labute approximate surface area is 233 Å². The first-order valence-electron chi connectivity index (χ1n) is 14.8.